The van der Waals surface area contributed by atoms with Gasteiger partial charge < -0.3 is 4.74 Å². The van der Waals surface area contributed by atoms with Crippen LogP contribution in [0.15, 0.2) is 47.4 Å². The average molecular weight is 402 g/mol. The van der Waals surface area contributed by atoms with E-state index in [4.69, 9.17) is 27.9 Å². The van der Waals surface area contributed by atoms with Gasteiger partial charge in [-0.2, -0.15) is 0 Å². The van der Waals surface area contributed by atoms with E-state index in [9.17, 15) is 8.42 Å². The Morgan fingerprint density at radius 2 is 1.76 bits per heavy atom. The van der Waals surface area contributed by atoms with Crippen LogP contribution in [0.4, 0.5) is 0 Å². The van der Waals surface area contributed by atoms with Crippen LogP contribution in [0.2, 0.25) is 10.0 Å². The molecular formula is C18H21Cl2NO3S. The molecule has 0 aromatic heterocycles. The van der Waals surface area contributed by atoms with Gasteiger partial charge >= 0.3 is 0 Å². The number of sulfone groups is 1. The van der Waals surface area contributed by atoms with Gasteiger partial charge in [-0.1, -0.05) is 35.3 Å². The molecule has 1 atom stereocenters. The topological polar surface area (TPSA) is 46.6 Å². The Balaban J connectivity index is 1.92. The van der Waals surface area contributed by atoms with Gasteiger partial charge in [0.2, 0.25) is 0 Å². The fourth-order valence-electron chi connectivity index (χ4n) is 2.33. The molecule has 0 aliphatic rings. The minimum atomic E-state index is -3.17. The normalized spacial score (nSPS) is 13.0. The van der Waals surface area contributed by atoms with Crippen LogP contribution in [0.3, 0.4) is 0 Å². The maximum atomic E-state index is 11.5. The summed E-state index contributed by atoms with van der Waals surface area (Å²) in [6.45, 7) is 3.22. The summed E-state index contributed by atoms with van der Waals surface area (Å²) in [6.07, 6.45) is 1.21. The Kier molecular flexibility index (Phi) is 6.74. The summed E-state index contributed by atoms with van der Waals surface area (Å²) in [7, 11) is -1.18. The lowest BCUT2D eigenvalue weighted by molar-refractivity contribution is 0.201. The zero-order valence-corrected chi connectivity index (χ0v) is 16.7. The van der Waals surface area contributed by atoms with Crippen molar-refractivity contribution < 1.29 is 13.2 Å². The number of rotatable bonds is 7. The zero-order valence-electron chi connectivity index (χ0n) is 14.4. The Hall–Kier alpha value is -1.27. The molecule has 0 heterocycles. The van der Waals surface area contributed by atoms with Crippen molar-refractivity contribution in [1.82, 2.24) is 4.90 Å². The minimum absolute atomic E-state index is 0.123. The van der Waals surface area contributed by atoms with Gasteiger partial charge in [-0.25, -0.2) is 8.42 Å². The van der Waals surface area contributed by atoms with E-state index in [1.807, 2.05) is 19.2 Å². The number of halogens is 2. The van der Waals surface area contributed by atoms with Gasteiger partial charge in [-0.3, -0.25) is 4.90 Å². The molecule has 0 bridgehead atoms. The first kappa shape index (κ1) is 20.0. The molecule has 0 radical (unpaired) electrons. The summed E-state index contributed by atoms with van der Waals surface area (Å²) in [6, 6.07) is 12.2. The van der Waals surface area contributed by atoms with Crippen molar-refractivity contribution in [3.8, 4) is 5.75 Å². The van der Waals surface area contributed by atoms with Gasteiger partial charge in [0.05, 0.1) is 9.92 Å². The van der Waals surface area contributed by atoms with E-state index in [0.29, 0.717) is 33.8 Å². The Morgan fingerprint density at radius 3 is 2.32 bits per heavy atom. The fourth-order valence-corrected chi connectivity index (χ4v) is 3.43. The van der Waals surface area contributed by atoms with Crippen LogP contribution in [-0.2, 0) is 9.84 Å². The molecule has 2 aromatic carbocycles. The first-order valence-corrected chi connectivity index (χ1v) is 10.4. The van der Waals surface area contributed by atoms with Crippen molar-refractivity contribution in [3.63, 3.8) is 0 Å². The minimum Gasteiger partial charge on any atom is -0.491 e. The summed E-state index contributed by atoms with van der Waals surface area (Å²) >= 11 is 11.9. The Bertz CT molecular complexity index is 823. The third kappa shape index (κ3) is 5.61. The van der Waals surface area contributed by atoms with Crippen LogP contribution in [0.1, 0.15) is 18.5 Å². The summed E-state index contributed by atoms with van der Waals surface area (Å²) < 4.78 is 28.8. The van der Waals surface area contributed by atoms with Crippen molar-refractivity contribution in [2.75, 3.05) is 26.5 Å². The summed E-state index contributed by atoms with van der Waals surface area (Å²) in [5, 5.41) is 1.06. The van der Waals surface area contributed by atoms with Crippen LogP contribution in [0, 0.1) is 0 Å². The smallest absolute Gasteiger partial charge is 0.175 e. The van der Waals surface area contributed by atoms with E-state index in [1.54, 1.807) is 30.3 Å². The molecule has 0 spiro atoms. The molecule has 136 valence electrons. The Labute approximate surface area is 159 Å². The molecule has 0 aliphatic heterocycles. The summed E-state index contributed by atoms with van der Waals surface area (Å²) in [5.74, 6) is 0.602. The van der Waals surface area contributed by atoms with E-state index < -0.39 is 9.84 Å². The van der Waals surface area contributed by atoms with Crippen molar-refractivity contribution >= 4 is 33.0 Å². The van der Waals surface area contributed by atoms with E-state index in [-0.39, 0.29) is 6.04 Å². The van der Waals surface area contributed by atoms with Gasteiger partial charge in [-0.05, 0) is 49.9 Å². The van der Waals surface area contributed by atoms with Crippen LogP contribution in [0.5, 0.6) is 5.75 Å². The monoisotopic (exact) mass is 401 g/mol. The number of ether oxygens (including phenoxy) is 1. The lowest BCUT2D eigenvalue weighted by atomic mass is 10.1. The van der Waals surface area contributed by atoms with Crippen LogP contribution in [0.25, 0.3) is 0 Å². The first-order chi connectivity index (χ1) is 11.7. The summed E-state index contributed by atoms with van der Waals surface area (Å²) in [4.78, 5) is 2.45. The van der Waals surface area contributed by atoms with E-state index in [0.717, 1.165) is 5.56 Å². The molecule has 0 fully saturated rings. The third-order valence-corrected chi connectivity index (χ3v) is 5.71. The van der Waals surface area contributed by atoms with Crippen molar-refractivity contribution in [2.45, 2.75) is 17.9 Å². The van der Waals surface area contributed by atoms with Crippen molar-refractivity contribution in [2.24, 2.45) is 0 Å². The van der Waals surface area contributed by atoms with Crippen molar-refractivity contribution in [3.05, 3.63) is 58.1 Å². The van der Waals surface area contributed by atoms with Gasteiger partial charge in [0.1, 0.15) is 12.4 Å². The highest BCUT2D eigenvalue weighted by molar-refractivity contribution is 7.90. The predicted molar refractivity (Wildman–Crippen MR) is 103 cm³/mol. The molecule has 0 aliphatic carbocycles. The fraction of sp³-hybridized carbons (Fsp3) is 0.333. The quantitative estimate of drug-likeness (QED) is 0.686. The van der Waals surface area contributed by atoms with Crippen LogP contribution in [-0.4, -0.2) is 39.8 Å². The summed E-state index contributed by atoms with van der Waals surface area (Å²) in [5.41, 5.74) is 1.04. The number of hydrogen-bond acceptors (Lipinski definition) is 4. The van der Waals surface area contributed by atoms with Gasteiger partial charge in [0.25, 0.3) is 0 Å². The molecular weight excluding hydrogens is 381 g/mol. The molecule has 2 rings (SSSR count). The molecule has 1 unspecified atom stereocenters. The molecule has 7 heteroatoms. The predicted octanol–water partition coefficient (Wildman–Crippen LogP) is 4.47. The molecule has 25 heavy (non-hydrogen) atoms. The van der Waals surface area contributed by atoms with Crippen LogP contribution < -0.4 is 4.74 Å². The SMILES string of the molecule is CC(c1ccc(S(C)(=O)=O)cc1)N(C)CCOc1ccc(Cl)cc1Cl. The van der Waals surface area contributed by atoms with Gasteiger partial charge in [0.15, 0.2) is 9.84 Å². The third-order valence-electron chi connectivity index (χ3n) is 4.05. The van der Waals surface area contributed by atoms with Crippen LogP contribution >= 0.6 is 23.2 Å². The lowest BCUT2D eigenvalue weighted by Gasteiger charge is -2.25. The first-order valence-electron chi connectivity index (χ1n) is 7.76. The second-order valence-corrected chi connectivity index (χ2v) is 8.78. The molecule has 4 nitrogen and oxygen atoms in total. The van der Waals surface area contributed by atoms with E-state index >= 15 is 0 Å². The average Bonchev–Trinajstić information content (AvgIpc) is 2.55. The number of hydrogen-bond donors (Lipinski definition) is 0. The number of benzene rings is 2. The molecule has 0 N–H and O–H groups in total. The van der Waals surface area contributed by atoms with Crippen molar-refractivity contribution in [1.29, 1.82) is 0 Å². The van der Waals surface area contributed by atoms with E-state index in [1.165, 1.54) is 6.26 Å². The molecule has 2 aromatic rings. The lowest BCUT2D eigenvalue weighted by Crippen LogP contribution is -2.27. The zero-order chi connectivity index (χ0) is 18.6. The second kappa shape index (κ2) is 8.41. The maximum Gasteiger partial charge on any atom is 0.175 e. The second-order valence-electron chi connectivity index (χ2n) is 5.92. The standard InChI is InChI=1S/C18H21Cl2NO3S/c1-13(14-4-7-16(8-5-14)25(3,22)23)21(2)10-11-24-18-9-6-15(19)12-17(18)20/h4-9,12-13H,10-11H2,1-3H3. The maximum absolute atomic E-state index is 11.5. The number of nitrogens with zero attached hydrogens (tertiary/aromatic N) is 1. The highest BCUT2D eigenvalue weighted by Crippen LogP contribution is 2.27. The molecule has 0 saturated heterocycles. The molecule has 0 amide bonds. The largest absolute Gasteiger partial charge is 0.491 e. The number of likely N-dealkylation sites (N-methyl/N-ethyl adjacent to an activating group) is 1. The Morgan fingerprint density at radius 1 is 1.12 bits per heavy atom. The highest BCUT2D eigenvalue weighted by atomic mass is 35.5. The molecule has 0 saturated carbocycles. The van der Waals surface area contributed by atoms with Gasteiger partial charge in [0, 0.05) is 23.9 Å². The highest BCUT2D eigenvalue weighted by Gasteiger charge is 2.14. The van der Waals surface area contributed by atoms with E-state index in [2.05, 4.69) is 11.8 Å². The van der Waals surface area contributed by atoms with Gasteiger partial charge in [-0.15, -0.1) is 0 Å².